The third-order valence-corrected chi connectivity index (χ3v) is 2.46. The maximum Gasteiger partial charge on any atom is 0.254 e. The Morgan fingerprint density at radius 2 is 2.35 bits per heavy atom. The predicted molar refractivity (Wildman–Crippen MR) is 68.5 cm³/mol. The van der Waals surface area contributed by atoms with Crippen LogP contribution in [0.15, 0.2) is 24.4 Å². The van der Waals surface area contributed by atoms with Crippen LogP contribution in [0.5, 0.6) is 0 Å². The molecule has 0 unspecified atom stereocenters. The summed E-state index contributed by atoms with van der Waals surface area (Å²) in [6, 6.07) is 5.42. The molecule has 4 nitrogen and oxygen atoms in total. The van der Waals surface area contributed by atoms with Crippen molar-refractivity contribution >= 4 is 22.5 Å². The van der Waals surface area contributed by atoms with Crippen molar-refractivity contribution in [3.8, 4) is 11.8 Å². The number of fused-ring (bicyclic) bond motifs is 1. The summed E-state index contributed by atoms with van der Waals surface area (Å²) in [5.41, 5.74) is 7.81. The third kappa shape index (κ3) is 2.23. The number of H-pyrrole nitrogens is 1. The number of aromatic amines is 1. The van der Waals surface area contributed by atoms with E-state index in [0.29, 0.717) is 17.8 Å². The zero-order valence-electron chi connectivity index (χ0n) is 9.50. The highest BCUT2D eigenvalue weighted by molar-refractivity contribution is 6.07. The van der Waals surface area contributed by atoms with Crippen LogP contribution < -0.4 is 11.1 Å². The average molecular weight is 227 g/mol. The van der Waals surface area contributed by atoms with E-state index in [9.17, 15) is 4.79 Å². The van der Waals surface area contributed by atoms with Gasteiger partial charge in [0.15, 0.2) is 0 Å². The van der Waals surface area contributed by atoms with Crippen molar-refractivity contribution in [1.82, 2.24) is 10.3 Å². The van der Waals surface area contributed by atoms with E-state index < -0.39 is 0 Å². The number of benzene rings is 1. The minimum absolute atomic E-state index is 0.135. The zero-order valence-corrected chi connectivity index (χ0v) is 9.50. The fraction of sp³-hybridized carbons (Fsp3) is 0.154. The topological polar surface area (TPSA) is 70.9 Å². The van der Waals surface area contributed by atoms with Crippen molar-refractivity contribution in [2.24, 2.45) is 0 Å². The molecule has 2 aromatic rings. The molecule has 0 aliphatic carbocycles. The van der Waals surface area contributed by atoms with E-state index in [1.807, 2.05) is 6.07 Å². The molecule has 86 valence electrons. The summed E-state index contributed by atoms with van der Waals surface area (Å²) in [6.07, 6.45) is 1.68. The monoisotopic (exact) mass is 227 g/mol. The summed E-state index contributed by atoms with van der Waals surface area (Å²) in [5, 5.41) is 3.59. The summed E-state index contributed by atoms with van der Waals surface area (Å²) >= 11 is 0. The number of anilines is 1. The molecule has 0 radical (unpaired) electrons. The molecule has 0 spiro atoms. The first-order valence-corrected chi connectivity index (χ1v) is 5.27. The van der Waals surface area contributed by atoms with Crippen molar-refractivity contribution in [1.29, 1.82) is 0 Å². The van der Waals surface area contributed by atoms with E-state index in [0.717, 1.165) is 10.9 Å². The second kappa shape index (κ2) is 4.62. The summed E-state index contributed by atoms with van der Waals surface area (Å²) < 4.78 is 0. The highest BCUT2D eigenvalue weighted by Crippen LogP contribution is 2.20. The van der Waals surface area contributed by atoms with Crippen molar-refractivity contribution in [3.05, 3.63) is 30.0 Å². The Balaban J connectivity index is 2.28. The lowest BCUT2D eigenvalue weighted by Crippen LogP contribution is -2.23. The maximum absolute atomic E-state index is 11.8. The minimum atomic E-state index is -0.135. The van der Waals surface area contributed by atoms with Gasteiger partial charge < -0.3 is 16.0 Å². The second-order valence-corrected chi connectivity index (χ2v) is 3.62. The molecule has 1 amide bonds. The van der Waals surface area contributed by atoms with Gasteiger partial charge in [0, 0.05) is 22.8 Å². The Morgan fingerprint density at radius 3 is 3.12 bits per heavy atom. The molecule has 1 heterocycles. The molecule has 0 aliphatic rings. The lowest BCUT2D eigenvalue weighted by molar-refractivity contribution is 0.0960. The molecule has 0 saturated heterocycles. The van der Waals surface area contributed by atoms with Crippen LogP contribution >= 0.6 is 0 Å². The second-order valence-electron chi connectivity index (χ2n) is 3.62. The summed E-state index contributed by atoms with van der Waals surface area (Å²) in [7, 11) is 0. The molecule has 0 atom stereocenters. The largest absolute Gasteiger partial charge is 0.399 e. The van der Waals surface area contributed by atoms with Gasteiger partial charge in [0.05, 0.1) is 12.1 Å². The van der Waals surface area contributed by atoms with Crippen LogP contribution in [0.25, 0.3) is 10.9 Å². The number of nitrogens with one attached hydrogen (secondary N) is 2. The van der Waals surface area contributed by atoms with Gasteiger partial charge in [-0.1, -0.05) is 5.92 Å². The molecule has 4 N–H and O–H groups in total. The van der Waals surface area contributed by atoms with Crippen LogP contribution in [0.3, 0.4) is 0 Å². The standard InChI is InChI=1S/C13H13N3O/c1-2-3-6-15-13(17)11-8-16-12-7-9(14)4-5-10(11)12/h4-5,7-8,16H,6,14H2,1H3,(H,15,17). The van der Waals surface area contributed by atoms with Crippen molar-refractivity contribution in [2.75, 3.05) is 12.3 Å². The van der Waals surface area contributed by atoms with E-state index in [-0.39, 0.29) is 5.91 Å². The van der Waals surface area contributed by atoms with Crippen LogP contribution in [0.4, 0.5) is 5.69 Å². The highest BCUT2D eigenvalue weighted by atomic mass is 16.1. The highest BCUT2D eigenvalue weighted by Gasteiger charge is 2.10. The number of nitrogens with two attached hydrogens (primary N) is 1. The Hall–Kier alpha value is -2.41. The van der Waals surface area contributed by atoms with E-state index in [2.05, 4.69) is 22.1 Å². The fourth-order valence-corrected chi connectivity index (χ4v) is 1.64. The molecule has 2 rings (SSSR count). The smallest absolute Gasteiger partial charge is 0.254 e. The molecule has 0 saturated carbocycles. The lowest BCUT2D eigenvalue weighted by atomic mass is 10.1. The van der Waals surface area contributed by atoms with Gasteiger partial charge in [-0.05, 0) is 25.1 Å². The number of carbonyl (C=O) groups is 1. The number of aromatic nitrogens is 1. The first-order chi connectivity index (χ1) is 8.22. The normalized spacial score (nSPS) is 9.71. The number of rotatable bonds is 2. The van der Waals surface area contributed by atoms with Crippen LogP contribution in [0, 0.1) is 11.8 Å². The first-order valence-electron chi connectivity index (χ1n) is 5.27. The van der Waals surface area contributed by atoms with Gasteiger partial charge in [-0.25, -0.2) is 0 Å². The van der Waals surface area contributed by atoms with E-state index in [1.54, 1.807) is 25.3 Å². The molecular weight excluding hydrogens is 214 g/mol. The van der Waals surface area contributed by atoms with Crippen LogP contribution in [-0.2, 0) is 0 Å². The summed E-state index contributed by atoms with van der Waals surface area (Å²) in [5.74, 6) is 5.37. The number of hydrogen-bond acceptors (Lipinski definition) is 2. The molecule has 0 fully saturated rings. The van der Waals surface area contributed by atoms with Crippen molar-refractivity contribution in [2.45, 2.75) is 6.92 Å². The maximum atomic E-state index is 11.8. The number of carbonyl (C=O) groups excluding carboxylic acids is 1. The molecule has 0 bridgehead atoms. The minimum Gasteiger partial charge on any atom is -0.399 e. The molecular formula is C13H13N3O. The Bertz CT molecular complexity index is 616. The van der Waals surface area contributed by atoms with Gasteiger partial charge >= 0.3 is 0 Å². The van der Waals surface area contributed by atoms with Crippen molar-refractivity contribution in [3.63, 3.8) is 0 Å². The van der Waals surface area contributed by atoms with Crippen LogP contribution in [-0.4, -0.2) is 17.4 Å². The first kappa shape index (κ1) is 11.1. The van der Waals surface area contributed by atoms with Crippen molar-refractivity contribution < 1.29 is 4.79 Å². The molecule has 1 aromatic heterocycles. The number of amides is 1. The van der Waals surface area contributed by atoms with Gasteiger partial charge in [0.2, 0.25) is 0 Å². The molecule has 0 aliphatic heterocycles. The quantitative estimate of drug-likeness (QED) is 0.537. The van der Waals surface area contributed by atoms with Gasteiger partial charge in [-0.3, -0.25) is 4.79 Å². The summed E-state index contributed by atoms with van der Waals surface area (Å²) in [6.45, 7) is 2.09. The van der Waals surface area contributed by atoms with Crippen LogP contribution in [0.1, 0.15) is 17.3 Å². The zero-order chi connectivity index (χ0) is 12.3. The molecule has 1 aromatic carbocycles. The predicted octanol–water partition coefficient (Wildman–Crippen LogP) is 1.50. The van der Waals surface area contributed by atoms with Gasteiger partial charge in [-0.2, -0.15) is 0 Å². The molecule has 17 heavy (non-hydrogen) atoms. The summed E-state index contributed by atoms with van der Waals surface area (Å²) in [4.78, 5) is 14.9. The van der Waals surface area contributed by atoms with E-state index in [4.69, 9.17) is 5.73 Å². The number of nitrogen functional groups attached to an aromatic ring is 1. The van der Waals surface area contributed by atoms with Gasteiger partial charge in [0.25, 0.3) is 5.91 Å². The average Bonchev–Trinajstić information content (AvgIpc) is 2.72. The SMILES string of the molecule is CC#CCNC(=O)c1c[nH]c2cc(N)ccc12. The van der Waals surface area contributed by atoms with E-state index >= 15 is 0 Å². The van der Waals surface area contributed by atoms with Gasteiger partial charge in [0.1, 0.15) is 0 Å². The Morgan fingerprint density at radius 1 is 1.53 bits per heavy atom. The van der Waals surface area contributed by atoms with Gasteiger partial charge in [-0.15, -0.1) is 5.92 Å². The van der Waals surface area contributed by atoms with E-state index in [1.165, 1.54) is 0 Å². The van der Waals surface area contributed by atoms with Crippen LogP contribution in [0.2, 0.25) is 0 Å². The Kier molecular flexibility index (Phi) is 3.01. The Labute approximate surface area is 99.2 Å². The third-order valence-electron chi connectivity index (χ3n) is 2.46. The molecule has 4 heteroatoms. The lowest BCUT2D eigenvalue weighted by Gasteiger charge is -1.99. The fourth-order valence-electron chi connectivity index (χ4n) is 1.64. The number of hydrogen-bond donors (Lipinski definition) is 3.